The second-order valence-electron chi connectivity index (χ2n) is 6.61. The minimum absolute atomic E-state index is 0.0767. The second-order valence-corrected chi connectivity index (χ2v) is 6.61. The molecule has 0 saturated carbocycles. The van der Waals surface area contributed by atoms with Gasteiger partial charge in [-0.2, -0.15) is 8.78 Å². The van der Waals surface area contributed by atoms with Gasteiger partial charge in [0.1, 0.15) is 6.04 Å². The van der Waals surface area contributed by atoms with E-state index in [1.54, 1.807) is 0 Å². The number of nitrogens with zero attached hydrogens (tertiary/aromatic N) is 1. The van der Waals surface area contributed by atoms with Crippen LogP contribution in [0.25, 0.3) is 0 Å². The first-order chi connectivity index (χ1) is 13.3. The number of halogens is 2. The summed E-state index contributed by atoms with van der Waals surface area (Å²) in [7, 11) is 1.30. The number of benzene rings is 1. The second kappa shape index (κ2) is 7.95. The third-order valence-corrected chi connectivity index (χ3v) is 4.96. The lowest BCUT2D eigenvalue weighted by molar-refractivity contribution is -0.146. The van der Waals surface area contributed by atoms with Gasteiger partial charge in [0.05, 0.1) is 18.9 Å². The molecule has 1 aliphatic heterocycles. The number of carbonyl (C=O) groups excluding carboxylic acids is 3. The Morgan fingerprint density at radius 3 is 2.29 bits per heavy atom. The summed E-state index contributed by atoms with van der Waals surface area (Å²) >= 11 is 0. The topological polar surface area (TPSA) is 84.9 Å². The number of amides is 3. The van der Waals surface area contributed by atoms with E-state index in [0.29, 0.717) is 12.8 Å². The van der Waals surface area contributed by atoms with Crippen LogP contribution in [0.3, 0.4) is 0 Å². The van der Waals surface area contributed by atoms with Gasteiger partial charge < -0.3 is 14.8 Å². The van der Waals surface area contributed by atoms with Crippen LogP contribution in [0.4, 0.5) is 14.5 Å². The number of alkyl halides is 2. The maximum absolute atomic E-state index is 12.6. The summed E-state index contributed by atoms with van der Waals surface area (Å²) in [6.07, 6.45) is 4.69. The van der Waals surface area contributed by atoms with E-state index < -0.39 is 30.4 Å². The van der Waals surface area contributed by atoms with E-state index in [0.717, 1.165) is 4.90 Å². The van der Waals surface area contributed by atoms with Crippen LogP contribution in [0.15, 0.2) is 30.4 Å². The largest absolute Gasteiger partial charge is 0.493 e. The maximum atomic E-state index is 12.6. The molecule has 7 nitrogen and oxygen atoms in total. The minimum atomic E-state index is -3.06. The summed E-state index contributed by atoms with van der Waals surface area (Å²) < 4.78 is 34.4. The van der Waals surface area contributed by atoms with E-state index in [4.69, 9.17) is 4.74 Å². The number of hydrogen-bond donors (Lipinski definition) is 1. The van der Waals surface area contributed by atoms with Gasteiger partial charge in [0.25, 0.3) is 0 Å². The molecule has 150 valence electrons. The number of hydrogen-bond acceptors (Lipinski definition) is 5. The van der Waals surface area contributed by atoms with Crippen molar-refractivity contribution in [1.29, 1.82) is 0 Å². The van der Waals surface area contributed by atoms with Crippen molar-refractivity contribution in [3.63, 3.8) is 0 Å². The van der Waals surface area contributed by atoms with Crippen molar-refractivity contribution in [2.24, 2.45) is 11.8 Å². The normalized spacial score (nSPS) is 22.2. The molecule has 9 heteroatoms. The molecule has 0 unspecified atom stereocenters. The average Bonchev–Trinajstić information content (AvgIpc) is 2.92. The smallest absolute Gasteiger partial charge is 0.387 e. The van der Waals surface area contributed by atoms with Crippen molar-refractivity contribution in [3.8, 4) is 11.5 Å². The molecule has 3 rings (SSSR count). The molecule has 1 fully saturated rings. The predicted molar refractivity (Wildman–Crippen MR) is 94.9 cm³/mol. The third-order valence-electron chi connectivity index (χ3n) is 4.96. The lowest BCUT2D eigenvalue weighted by Crippen LogP contribution is -2.46. The molecule has 0 aromatic heterocycles. The fourth-order valence-corrected chi connectivity index (χ4v) is 3.51. The highest BCUT2D eigenvalue weighted by atomic mass is 19.3. The van der Waals surface area contributed by atoms with E-state index in [1.165, 1.54) is 32.2 Å². The molecule has 0 spiro atoms. The van der Waals surface area contributed by atoms with Crippen LogP contribution >= 0.6 is 0 Å². The van der Waals surface area contributed by atoms with Crippen molar-refractivity contribution in [1.82, 2.24) is 4.90 Å². The van der Waals surface area contributed by atoms with Gasteiger partial charge >= 0.3 is 6.61 Å². The van der Waals surface area contributed by atoms with Crippen LogP contribution in [-0.4, -0.2) is 42.4 Å². The van der Waals surface area contributed by atoms with Gasteiger partial charge in [0, 0.05) is 11.8 Å². The van der Waals surface area contributed by atoms with E-state index >= 15 is 0 Å². The van der Waals surface area contributed by atoms with Gasteiger partial charge in [-0.1, -0.05) is 12.2 Å². The van der Waals surface area contributed by atoms with Crippen molar-refractivity contribution in [3.05, 3.63) is 30.4 Å². The fraction of sp³-hybridized carbons (Fsp3) is 0.421. The van der Waals surface area contributed by atoms with Gasteiger partial charge in [-0.3, -0.25) is 19.3 Å². The van der Waals surface area contributed by atoms with Crippen molar-refractivity contribution < 1.29 is 32.6 Å². The standard InChI is InChI=1S/C19H20F2N2O5/c1-10(23-17(25)12-5-3-4-6-13(12)18(23)26)16(24)22-11-7-8-14(27-2)15(9-11)28-19(20)21/h3-4,7-10,12-13,19H,5-6H2,1-2H3,(H,22,24)/t10-,12-,13-/m0/s1. The first-order valence-corrected chi connectivity index (χ1v) is 8.79. The molecule has 0 bridgehead atoms. The number of nitrogens with one attached hydrogen (secondary N) is 1. The Morgan fingerprint density at radius 2 is 1.75 bits per heavy atom. The molecule has 2 aliphatic rings. The number of rotatable bonds is 6. The van der Waals surface area contributed by atoms with E-state index in [1.807, 2.05) is 12.2 Å². The molecule has 1 N–H and O–H groups in total. The number of likely N-dealkylation sites (tertiary alicyclic amines) is 1. The lowest BCUT2D eigenvalue weighted by Gasteiger charge is -2.22. The first-order valence-electron chi connectivity index (χ1n) is 8.79. The Bertz CT molecular complexity index is 801. The van der Waals surface area contributed by atoms with Crippen molar-refractivity contribution in [2.45, 2.75) is 32.4 Å². The summed E-state index contributed by atoms with van der Waals surface area (Å²) in [6.45, 7) is -1.61. The van der Waals surface area contributed by atoms with Crippen LogP contribution in [0, 0.1) is 11.8 Å². The Morgan fingerprint density at radius 1 is 1.14 bits per heavy atom. The predicted octanol–water partition coefficient (Wildman–Crippen LogP) is 2.57. The van der Waals surface area contributed by atoms with E-state index in [-0.39, 0.29) is 29.0 Å². The molecule has 3 atom stereocenters. The summed E-state index contributed by atoms with van der Waals surface area (Å²) in [5, 5.41) is 2.52. The Hall–Kier alpha value is -2.97. The molecule has 0 radical (unpaired) electrons. The molecular weight excluding hydrogens is 374 g/mol. The average molecular weight is 394 g/mol. The van der Waals surface area contributed by atoms with Crippen LogP contribution in [-0.2, 0) is 14.4 Å². The summed E-state index contributed by atoms with van der Waals surface area (Å²) in [5.41, 5.74) is 0.173. The molecular formula is C19H20F2N2O5. The van der Waals surface area contributed by atoms with Gasteiger partial charge in [0.15, 0.2) is 11.5 Å². The Labute approximate surface area is 160 Å². The molecule has 1 saturated heterocycles. The molecule has 1 aliphatic carbocycles. The number of anilines is 1. The zero-order valence-corrected chi connectivity index (χ0v) is 15.4. The molecule has 1 aromatic rings. The minimum Gasteiger partial charge on any atom is -0.493 e. The van der Waals surface area contributed by atoms with Crippen molar-refractivity contribution >= 4 is 23.4 Å². The number of carbonyl (C=O) groups is 3. The SMILES string of the molecule is COc1ccc(NC(=O)[C@H](C)N2C(=O)[C@H]3CC=CC[C@@H]3C2=O)cc1OC(F)F. The first kappa shape index (κ1) is 19.8. The van der Waals surface area contributed by atoms with E-state index in [2.05, 4.69) is 10.1 Å². The molecule has 3 amide bonds. The zero-order valence-electron chi connectivity index (χ0n) is 15.4. The van der Waals surface area contributed by atoms with Crippen LogP contribution in [0.2, 0.25) is 0 Å². The Balaban J connectivity index is 1.74. The summed E-state index contributed by atoms with van der Waals surface area (Å²) in [6, 6.07) is 2.96. The van der Waals surface area contributed by atoms with Gasteiger partial charge in [-0.25, -0.2) is 0 Å². The monoisotopic (exact) mass is 394 g/mol. The lowest BCUT2D eigenvalue weighted by atomic mass is 9.85. The number of ether oxygens (including phenoxy) is 2. The molecule has 28 heavy (non-hydrogen) atoms. The highest BCUT2D eigenvalue weighted by Gasteiger charge is 2.50. The van der Waals surface area contributed by atoms with E-state index in [9.17, 15) is 23.2 Å². The molecule has 1 heterocycles. The highest BCUT2D eigenvalue weighted by molar-refractivity contribution is 6.10. The van der Waals surface area contributed by atoms with Crippen molar-refractivity contribution in [2.75, 3.05) is 12.4 Å². The number of methoxy groups -OCH3 is 1. The molecule has 1 aromatic carbocycles. The number of imide groups is 1. The quantitative estimate of drug-likeness (QED) is 0.592. The maximum Gasteiger partial charge on any atom is 0.387 e. The van der Waals surface area contributed by atoms with Crippen LogP contribution in [0.1, 0.15) is 19.8 Å². The number of fused-ring (bicyclic) bond motifs is 1. The highest BCUT2D eigenvalue weighted by Crippen LogP contribution is 2.36. The van der Waals surface area contributed by atoms with Gasteiger partial charge in [-0.05, 0) is 31.9 Å². The fourth-order valence-electron chi connectivity index (χ4n) is 3.51. The zero-order chi connectivity index (χ0) is 20.4. The number of allylic oxidation sites excluding steroid dienone is 2. The van der Waals surface area contributed by atoms with Crippen LogP contribution in [0.5, 0.6) is 11.5 Å². The van der Waals surface area contributed by atoms with Gasteiger partial charge in [-0.15, -0.1) is 0 Å². The Kier molecular flexibility index (Phi) is 5.62. The third kappa shape index (κ3) is 3.69. The summed E-state index contributed by atoms with van der Waals surface area (Å²) in [4.78, 5) is 38.7. The summed E-state index contributed by atoms with van der Waals surface area (Å²) in [5.74, 6) is -2.36. The van der Waals surface area contributed by atoms with Crippen LogP contribution < -0.4 is 14.8 Å². The van der Waals surface area contributed by atoms with Gasteiger partial charge in [0.2, 0.25) is 17.7 Å².